The van der Waals surface area contributed by atoms with Crippen molar-refractivity contribution in [2.75, 3.05) is 45.9 Å². The Hall–Kier alpha value is -4.30. The number of nitrogens with one attached hydrogen (secondary N) is 1. The summed E-state index contributed by atoms with van der Waals surface area (Å²) < 4.78 is 44.8. The van der Waals surface area contributed by atoms with Crippen LogP contribution >= 0.6 is 0 Å². The zero-order valence-corrected chi connectivity index (χ0v) is 24.5. The molecular weight excluding hydrogens is 597 g/mol. The summed E-state index contributed by atoms with van der Waals surface area (Å²) in [5.74, 6) is -1.86. The van der Waals surface area contributed by atoms with Crippen LogP contribution in [0.15, 0.2) is 47.3 Å². The number of H-pyrrole nitrogens is 1. The molecule has 0 aliphatic carbocycles. The van der Waals surface area contributed by atoms with Gasteiger partial charge in [0, 0.05) is 56.3 Å². The van der Waals surface area contributed by atoms with Crippen LogP contribution in [0, 0.1) is 0 Å². The number of rotatable bonds is 8. The topological polar surface area (TPSA) is 147 Å². The van der Waals surface area contributed by atoms with Gasteiger partial charge >= 0.3 is 18.2 Å². The van der Waals surface area contributed by atoms with Crippen molar-refractivity contribution >= 4 is 22.9 Å². The number of carboxylic acid groups (broad SMARTS) is 1. The molecule has 242 valence electrons. The molecule has 11 nitrogen and oxygen atoms in total. The van der Waals surface area contributed by atoms with E-state index in [1.807, 2.05) is 0 Å². The number of likely N-dealkylation sites (tertiary alicyclic amines) is 1. The van der Waals surface area contributed by atoms with Gasteiger partial charge in [0.25, 0.3) is 0 Å². The van der Waals surface area contributed by atoms with E-state index in [1.54, 1.807) is 30.3 Å². The number of carbonyl (C=O) groups is 2. The van der Waals surface area contributed by atoms with Crippen LogP contribution in [0.2, 0.25) is 0 Å². The number of fused-ring (bicyclic) bond motifs is 1. The van der Waals surface area contributed by atoms with Gasteiger partial charge in [-0.3, -0.25) is 14.5 Å². The summed E-state index contributed by atoms with van der Waals surface area (Å²) in [6.45, 7) is 1.51. The Morgan fingerprint density at radius 2 is 1.64 bits per heavy atom. The molecule has 0 radical (unpaired) electrons. The number of phenols is 2. The first-order valence-corrected chi connectivity index (χ1v) is 14.7. The van der Waals surface area contributed by atoms with E-state index in [0.717, 1.165) is 10.5 Å². The molecule has 3 heterocycles. The largest absolute Gasteiger partial charge is 0.507 e. The summed E-state index contributed by atoms with van der Waals surface area (Å²) >= 11 is 0. The second-order valence-corrected chi connectivity index (χ2v) is 11.6. The minimum Gasteiger partial charge on any atom is -0.507 e. The minimum absolute atomic E-state index is 0.0460. The van der Waals surface area contributed by atoms with Gasteiger partial charge < -0.3 is 34.8 Å². The van der Waals surface area contributed by atoms with Crippen LogP contribution in [0.1, 0.15) is 29.5 Å². The highest BCUT2D eigenvalue weighted by atomic mass is 19.4. The zero-order valence-electron chi connectivity index (χ0n) is 24.5. The molecule has 2 fully saturated rings. The van der Waals surface area contributed by atoms with E-state index in [9.17, 15) is 42.9 Å². The summed E-state index contributed by atoms with van der Waals surface area (Å²) in [6.07, 6.45) is -4.57. The van der Waals surface area contributed by atoms with Crippen LogP contribution in [-0.2, 0) is 28.9 Å². The van der Waals surface area contributed by atoms with Crippen molar-refractivity contribution in [1.29, 1.82) is 0 Å². The van der Waals surface area contributed by atoms with E-state index in [-0.39, 0.29) is 61.8 Å². The van der Waals surface area contributed by atoms with Crippen molar-refractivity contribution < 1.29 is 42.8 Å². The molecule has 5 rings (SSSR count). The SMILES string of the molecule is O=C(O)N(CCc1cccc(CN2CCC3(CC2)CN(C(=O)C(F)(F)F)CCO3)c1O)CCc1ccc(O)c2[nH]c(=O)ccc12. The number of amides is 2. The number of aromatic hydroxyl groups is 2. The molecule has 0 unspecified atom stereocenters. The number of para-hydroxylation sites is 1. The fourth-order valence-electron chi connectivity index (χ4n) is 6.16. The van der Waals surface area contributed by atoms with Crippen LogP contribution < -0.4 is 5.56 Å². The highest BCUT2D eigenvalue weighted by Gasteiger charge is 2.48. The monoisotopic (exact) mass is 632 g/mol. The van der Waals surface area contributed by atoms with Gasteiger partial charge in [0.1, 0.15) is 11.5 Å². The van der Waals surface area contributed by atoms with Gasteiger partial charge in [0.15, 0.2) is 0 Å². The fourth-order valence-corrected chi connectivity index (χ4v) is 6.16. The number of piperidine rings is 1. The highest BCUT2D eigenvalue weighted by Crippen LogP contribution is 2.34. The normalized spacial score (nSPS) is 17.1. The number of hydrogen-bond donors (Lipinski definition) is 4. The van der Waals surface area contributed by atoms with Crippen LogP contribution in [0.3, 0.4) is 0 Å². The van der Waals surface area contributed by atoms with Gasteiger partial charge in [-0.05, 0) is 48.9 Å². The van der Waals surface area contributed by atoms with E-state index in [0.29, 0.717) is 55.4 Å². The molecule has 2 aliphatic rings. The minimum atomic E-state index is -4.92. The zero-order chi connectivity index (χ0) is 32.4. The number of pyridine rings is 1. The number of morpholine rings is 1. The maximum atomic E-state index is 13.0. The molecule has 0 atom stereocenters. The Kier molecular flexibility index (Phi) is 9.26. The quantitative estimate of drug-likeness (QED) is 0.296. The number of halogens is 3. The number of phenolic OH excluding ortho intramolecular Hbond substituents is 2. The third kappa shape index (κ3) is 7.34. The second kappa shape index (κ2) is 13.0. The molecule has 14 heteroatoms. The Balaban J connectivity index is 1.17. The summed E-state index contributed by atoms with van der Waals surface area (Å²) in [6, 6.07) is 11.4. The van der Waals surface area contributed by atoms with Gasteiger partial charge in [0.2, 0.25) is 5.56 Å². The average Bonchev–Trinajstić information content (AvgIpc) is 3.00. The number of hydrogen-bond acceptors (Lipinski definition) is 7. The molecule has 1 aromatic heterocycles. The van der Waals surface area contributed by atoms with Crippen LogP contribution in [0.5, 0.6) is 11.5 Å². The molecule has 0 saturated carbocycles. The number of alkyl halides is 3. The van der Waals surface area contributed by atoms with Crippen LogP contribution in [0.25, 0.3) is 10.9 Å². The number of nitrogens with zero attached hydrogens (tertiary/aromatic N) is 3. The van der Waals surface area contributed by atoms with Gasteiger partial charge in [-0.1, -0.05) is 24.3 Å². The lowest BCUT2D eigenvalue weighted by molar-refractivity contribution is -0.200. The van der Waals surface area contributed by atoms with E-state index in [4.69, 9.17) is 4.74 Å². The van der Waals surface area contributed by atoms with Crippen molar-refractivity contribution in [3.8, 4) is 11.5 Å². The predicted octanol–water partition coefficient (Wildman–Crippen LogP) is 3.46. The Morgan fingerprint density at radius 1 is 0.956 bits per heavy atom. The number of aromatic nitrogens is 1. The van der Waals surface area contributed by atoms with Gasteiger partial charge in [0.05, 0.1) is 24.3 Å². The Morgan fingerprint density at radius 3 is 2.33 bits per heavy atom. The molecule has 4 N–H and O–H groups in total. The first-order chi connectivity index (χ1) is 21.3. The first kappa shape index (κ1) is 32.1. The predicted molar refractivity (Wildman–Crippen MR) is 157 cm³/mol. The average molecular weight is 633 g/mol. The van der Waals surface area contributed by atoms with Crippen molar-refractivity contribution in [3.63, 3.8) is 0 Å². The van der Waals surface area contributed by atoms with Crippen molar-refractivity contribution in [3.05, 3.63) is 69.5 Å². The standard InChI is InChI=1S/C31H35F3N4O7/c32-31(33,34)28(42)38-16-17-45-30(19-38)10-14-36(15-11-30)18-22-3-1-2-21(27(22)41)9-13-37(29(43)44)12-8-20-4-6-24(39)26-23(20)5-7-25(40)35-26/h1-7,39,41H,8-19H2,(H,35,40)(H,43,44). The molecule has 3 aromatic rings. The summed E-state index contributed by atoms with van der Waals surface area (Å²) in [5, 5.41) is 31.6. The maximum Gasteiger partial charge on any atom is 0.471 e. The lowest BCUT2D eigenvalue weighted by Gasteiger charge is -2.47. The number of carbonyl (C=O) groups excluding carboxylic acids is 1. The molecule has 2 saturated heterocycles. The fraction of sp³-hybridized carbons (Fsp3) is 0.452. The summed E-state index contributed by atoms with van der Waals surface area (Å²) in [4.78, 5) is 42.2. The van der Waals surface area contributed by atoms with Gasteiger partial charge in [-0.15, -0.1) is 0 Å². The first-order valence-electron chi connectivity index (χ1n) is 14.7. The van der Waals surface area contributed by atoms with E-state index < -0.39 is 23.8 Å². The number of aromatic amines is 1. The Labute approximate surface area is 256 Å². The van der Waals surface area contributed by atoms with Crippen molar-refractivity contribution in [2.45, 2.75) is 44.0 Å². The van der Waals surface area contributed by atoms with E-state index >= 15 is 0 Å². The Bertz CT molecular complexity index is 1620. The molecule has 2 amide bonds. The van der Waals surface area contributed by atoms with Gasteiger partial charge in [-0.25, -0.2) is 4.79 Å². The van der Waals surface area contributed by atoms with Crippen LogP contribution in [-0.4, -0.2) is 105 Å². The molecular formula is C31H35F3N4O7. The molecule has 45 heavy (non-hydrogen) atoms. The van der Waals surface area contributed by atoms with Crippen LogP contribution in [0.4, 0.5) is 18.0 Å². The summed E-state index contributed by atoms with van der Waals surface area (Å²) in [7, 11) is 0. The maximum absolute atomic E-state index is 13.0. The lowest BCUT2D eigenvalue weighted by atomic mass is 9.89. The highest BCUT2D eigenvalue weighted by molar-refractivity contribution is 5.87. The third-order valence-corrected chi connectivity index (χ3v) is 8.68. The van der Waals surface area contributed by atoms with Crippen molar-refractivity contribution in [1.82, 2.24) is 19.7 Å². The van der Waals surface area contributed by atoms with Gasteiger partial charge in [-0.2, -0.15) is 13.2 Å². The summed E-state index contributed by atoms with van der Waals surface area (Å²) in [5.41, 5.74) is 1.09. The lowest BCUT2D eigenvalue weighted by Crippen LogP contribution is -2.59. The van der Waals surface area contributed by atoms with Crippen molar-refractivity contribution in [2.24, 2.45) is 0 Å². The third-order valence-electron chi connectivity index (χ3n) is 8.68. The molecule has 1 spiro atoms. The molecule has 2 aromatic carbocycles. The van der Waals surface area contributed by atoms with E-state index in [1.165, 1.54) is 17.0 Å². The van der Waals surface area contributed by atoms with E-state index in [2.05, 4.69) is 9.88 Å². The smallest absolute Gasteiger partial charge is 0.471 e. The number of ether oxygens (including phenoxy) is 1. The molecule has 0 bridgehead atoms. The molecule has 2 aliphatic heterocycles. The second-order valence-electron chi connectivity index (χ2n) is 11.6. The number of benzene rings is 2.